The average Bonchev–Trinajstić information content (AvgIpc) is 3.18. The number of hydrogen-bond donors (Lipinski definition) is 0. The number of ether oxygens (including phenoxy) is 1. The molecule has 0 N–H and O–H groups in total. The summed E-state index contributed by atoms with van der Waals surface area (Å²) < 4.78 is 8.04. The molecule has 6 heteroatoms. The Morgan fingerprint density at radius 2 is 2.38 bits per heavy atom. The Morgan fingerprint density at radius 1 is 1.48 bits per heavy atom. The van der Waals surface area contributed by atoms with E-state index in [1.54, 1.807) is 23.1 Å². The maximum atomic E-state index is 5.80. The minimum atomic E-state index is 0.304. The molecule has 0 amide bonds. The SMILES string of the molecule is CC(C)CSc1nnc(-c2cccs2)n1CC1CCCO1. The summed E-state index contributed by atoms with van der Waals surface area (Å²) >= 11 is 3.51. The van der Waals surface area contributed by atoms with Crippen LogP contribution in [0.4, 0.5) is 0 Å². The maximum Gasteiger partial charge on any atom is 0.191 e. The lowest BCUT2D eigenvalue weighted by Gasteiger charge is -2.14. The number of nitrogens with zero attached hydrogens (tertiary/aromatic N) is 3. The van der Waals surface area contributed by atoms with Crippen LogP contribution in [0.25, 0.3) is 10.7 Å². The van der Waals surface area contributed by atoms with Crippen molar-refractivity contribution >= 4 is 23.1 Å². The Bertz CT molecular complexity index is 559. The Morgan fingerprint density at radius 3 is 3.05 bits per heavy atom. The van der Waals surface area contributed by atoms with Gasteiger partial charge in [0.25, 0.3) is 0 Å². The molecular weight excluding hydrogens is 302 g/mol. The van der Waals surface area contributed by atoms with Crippen LogP contribution in [0.1, 0.15) is 26.7 Å². The van der Waals surface area contributed by atoms with Crippen molar-refractivity contribution in [2.75, 3.05) is 12.4 Å². The second-order valence-corrected chi connectivity index (χ2v) is 7.67. The highest BCUT2D eigenvalue weighted by Crippen LogP contribution is 2.29. The predicted molar refractivity (Wildman–Crippen MR) is 87.9 cm³/mol. The summed E-state index contributed by atoms with van der Waals surface area (Å²) in [7, 11) is 0. The second-order valence-electron chi connectivity index (χ2n) is 5.73. The quantitative estimate of drug-likeness (QED) is 0.755. The highest BCUT2D eigenvalue weighted by Gasteiger charge is 2.22. The van der Waals surface area contributed by atoms with Crippen molar-refractivity contribution in [3.63, 3.8) is 0 Å². The predicted octanol–water partition coefficient (Wildman–Crippen LogP) is 3.93. The molecule has 0 aliphatic carbocycles. The third-order valence-corrected chi connectivity index (χ3v) is 5.67. The van der Waals surface area contributed by atoms with Crippen molar-refractivity contribution in [3.8, 4) is 10.7 Å². The van der Waals surface area contributed by atoms with Crippen molar-refractivity contribution in [3.05, 3.63) is 17.5 Å². The molecule has 2 aromatic rings. The zero-order valence-corrected chi connectivity index (χ0v) is 14.1. The fourth-order valence-corrected chi connectivity index (χ4v) is 4.00. The van der Waals surface area contributed by atoms with Gasteiger partial charge >= 0.3 is 0 Å². The van der Waals surface area contributed by atoms with Crippen molar-refractivity contribution in [1.29, 1.82) is 0 Å². The van der Waals surface area contributed by atoms with Crippen LogP contribution in [0.15, 0.2) is 22.7 Å². The summed E-state index contributed by atoms with van der Waals surface area (Å²) in [5, 5.41) is 11.9. The first-order chi connectivity index (χ1) is 10.2. The summed E-state index contributed by atoms with van der Waals surface area (Å²) in [5.74, 6) is 2.69. The lowest BCUT2D eigenvalue weighted by molar-refractivity contribution is 0.0953. The molecule has 0 radical (unpaired) electrons. The number of rotatable bonds is 6. The Balaban J connectivity index is 1.85. The molecule has 1 unspecified atom stereocenters. The van der Waals surface area contributed by atoms with E-state index in [1.807, 2.05) is 0 Å². The Kier molecular flexibility index (Phi) is 4.98. The van der Waals surface area contributed by atoms with E-state index in [4.69, 9.17) is 4.74 Å². The lowest BCUT2D eigenvalue weighted by Crippen LogP contribution is -2.16. The smallest absolute Gasteiger partial charge is 0.191 e. The van der Waals surface area contributed by atoms with E-state index in [2.05, 4.69) is 46.1 Å². The molecule has 1 fully saturated rings. The third-order valence-electron chi connectivity index (χ3n) is 3.41. The van der Waals surface area contributed by atoms with Crippen LogP contribution < -0.4 is 0 Å². The number of thioether (sulfide) groups is 1. The van der Waals surface area contributed by atoms with Gasteiger partial charge in [0.1, 0.15) is 0 Å². The second kappa shape index (κ2) is 6.94. The molecule has 4 nitrogen and oxygen atoms in total. The van der Waals surface area contributed by atoms with E-state index in [1.165, 1.54) is 4.88 Å². The normalized spacial score (nSPS) is 18.7. The highest BCUT2D eigenvalue weighted by atomic mass is 32.2. The first kappa shape index (κ1) is 15.1. The summed E-state index contributed by atoms with van der Waals surface area (Å²) in [6.07, 6.45) is 2.60. The zero-order chi connectivity index (χ0) is 14.7. The molecule has 1 aliphatic rings. The van der Waals surface area contributed by atoms with Gasteiger partial charge in [-0.15, -0.1) is 21.5 Å². The van der Waals surface area contributed by atoms with Crippen molar-refractivity contribution in [1.82, 2.24) is 14.8 Å². The van der Waals surface area contributed by atoms with E-state index in [-0.39, 0.29) is 0 Å². The highest BCUT2D eigenvalue weighted by molar-refractivity contribution is 7.99. The van der Waals surface area contributed by atoms with Crippen LogP contribution in [-0.2, 0) is 11.3 Å². The summed E-state index contributed by atoms with van der Waals surface area (Å²) in [6, 6.07) is 4.17. The van der Waals surface area contributed by atoms with Crippen LogP contribution in [0.2, 0.25) is 0 Å². The monoisotopic (exact) mass is 323 g/mol. The van der Waals surface area contributed by atoms with Gasteiger partial charge in [0.05, 0.1) is 17.5 Å². The van der Waals surface area contributed by atoms with Gasteiger partial charge in [0.15, 0.2) is 11.0 Å². The van der Waals surface area contributed by atoms with Crippen LogP contribution in [0.3, 0.4) is 0 Å². The first-order valence-corrected chi connectivity index (χ1v) is 9.32. The van der Waals surface area contributed by atoms with Crippen molar-refractivity contribution in [2.24, 2.45) is 5.92 Å². The largest absolute Gasteiger partial charge is 0.376 e. The molecule has 0 saturated carbocycles. The molecule has 1 saturated heterocycles. The van der Waals surface area contributed by atoms with Crippen molar-refractivity contribution in [2.45, 2.75) is 44.5 Å². The minimum Gasteiger partial charge on any atom is -0.376 e. The van der Waals surface area contributed by atoms with Gasteiger partial charge in [-0.2, -0.15) is 0 Å². The van der Waals surface area contributed by atoms with Gasteiger partial charge in [-0.1, -0.05) is 31.7 Å². The molecule has 114 valence electrons. The fourth-order valence-electron chi connectivity index (χ4n) is 2.38. The topological polar surface area (TPSA) is 39.9 Å². The average molecular weight is 323 g/mol. The lowest BCUT2D eigenvalue weighted by atomic mass is 10.2. The number of thiophene rings is 1. The van der Waals surface area contributed by atoms with Crippen LogP contribution in [0.5, 0.6) is 0 Å². The van der Waals surface area contributed by atoms with Gasteiger partial charge in [-0.3, -0.25) is 4.57 Å². The molecule has 2 aromatic heterocycles. The molecule has 0 aromatic carbocycles. The molecule has 0 spiro atoms. The van der Waals surface area contributed by atoms with Gasteiger partial charge in [0.2, 0.25) is 0 Å². The fraction of sp³-hybridized carbons (Fsp3) is 0.600. The molecule has 3 heterocycles. The zero-order valence-electron chi connectivity index (χ0n) is 12.5. The molecule has 21 heavy (non-hydrogen) atoms. The van der Waals surface area contributed by atoms with E-state index in [0.29, 0.717) is 12.0 Å². The first-order valence-electron chi connectivity index (χ1n) is 7.45. The van der Waals surface area contributed by atoms with E-state index in [0.717, 1.165) is 42.7 Å². The Labute approximate surface area is 133 Å². The van der Waals surface area contributed by atoms with Gasteiger partial charge in [-0.05, 0) is 30.2 Å². The Hall–Kier alpha value is -0.850. The van der Waals surface area contributed by atoms with E-state index < -0.39 is 0 Å². The molecule has 3 rings (SSSR count). The van der Waals surface area contributed by atoms with Crippen molar-refractivity contribution < 1.29 is 4.74 Å². The van der Waals surface area contributed by atoms with Crippen LogP contribution in [0, 0.1) is 5.92 Å². The standard InChI is InChI=1S/C15H21N3OS2/c1-11(2)10-21-15-17-16-14(13-6-4-8-20-13)18(15)9-12-5-3-7-19-12/h4,6,8,11-12H,3,5,7,9-10H2,1-2H3. The van der Waals surface area contributed by atoms with Gasteiger partial charge in [-0.25, -0.2) is 0 Å². The number of aromatic nitrogens is 3. The number of hydrogen-bond acceptors (Lipinski definition) is 5. The van der Waals surface area contributed by atoms with Crippen LogP contribution >= 0.6 is 23.1 Å². The van der Waals surface area contributed by atoms with Gasteiger partial charge in [0, 0.05) is 12.4 Å². The van der Waals surface area contributed by atoms with Gasteiger partial charge < -0.3 is 4.74 Å². The van der Waals surface area contributed by atoms with E-state index in [9.17, 15) is 0 Å². The molecule has 1 atom stereocenters. The minimum absolute atomic E-state index is 0.304. The molecular formula is C15H21N3OS2. The van der Waals surface area contributed by atoms with Crippen LogP contribution in [-0.4, -0.2) is 33.2 Å². The molecule has 1 aliphatic heterocycles. The summed E-state index contributed by atoms with van der Waals surface area (Å²) in [4.78, 5) is 1.18. The summed E-state index contributed by atoms with van der Waals surface area (Å²) in [6.45, 7) is 6.21. The molecule has 0 bridgehead atoms. The van der Waals surface area contributed by atoms with E-state index >= 15 is 0 Å². The third kappa shape index (κ3) is 3.67. The maximum absolute atomic E-state index is 5.80. The summed E-state index contributed by atoms with van der Waals surface area (Å²) in [5.41, 5.74) is 0.